The van der Waals surface area contributed by atoms with E-state index in [9.17, 15) is 49.8 Å². The van der Waals surface area contributed by atoms with Gasteiger partial charge in [-0.15, -0.1) is 0 Å². The highest BCUT2D eigenvalue weighted by Gasteiger charge is 2.54. The van der Waals surface area contributed by atoms with Crippen molar-refractivity contribution < 1.29 is 78.2 Å². The van der Waals surface area contributed by atoms with E-state index in [0.29, 0.717) is 29.2 Å². The van der Waals surface area contributed by atoms with Gasteiger partial charge in [0.25, 0.3) is 0 Å². The predicted molar refractivity (Wildman–Crippen MR) is 289 cm³/mol. The van der Waals surface area contributed by atoms with Gasteiger partial charge in [-0.05, 0) is 113 Å². The van der Waals surface area contributed by atoms with Crippen LogP contribution in [0.4, 0.5) is 5.69 Å². The van der Waals surface area contributed by atoms with E-state index in [1.54, 1.807) is 59.2 Å². The van der Waals surface area contributed by atoms with E-state index in [0.717, 1.165) is 12.8 Å². The number of ether oxygens (including phenoxy) is 7. The SMILES string of the molecule is CC[C@H]1OC(=O)[C@H](C)[C@@H](O[C@H]2C[C@@](O)(OC)[C@@H](NC(=O)CCOCCNc3cc4c(=O)c(C(=O)O)cn(C5CC5)c4cc3Cl)[C@H](C)O2)[C@H](C)[C@@H](OC2O[C@H](C)C[C@H](N(C)C)[C@H]2O)[C@](C)(O)C[C@@H](C)CN(C)[C@H](C)[C@@H](O)[C@]1(C)O. The fourth-order valence-corrected chi connectivity index (χ4v) is 12.1. The molecule has 2 aromatic rings. The molecule has 1 amide bonds. The Labute approximate surface area is 462 Å². The molecule has 442 valence electrons. The van der Waals surface area contributed by atoms with Gasteiger partial charge >= 0.3 is 11.9 Å². The number of carboxylic acids is 1. The lowest BCUT2D eigenvalue weighted by Crippen LogP contribution is -2.65. The quantitative estimate of drug-likeness (QED) is 0.0639. The first kappa shape index (κ1) is 63.6. The number of esters is 1. The van der Waals surface area contributed by atoms with Crippen LogP contribution < -0.4 is 16.1 Å². The van der Waals surface area contributed by atoms with Gasteiger partial charge < -0.3 is 88.8 Å². The second-order valence-electron chi connectivity index (χ2n) is 23.3. The van der Waals surface area contributed by atoms with Gasteiger partial charge in [0, 0.05) is 62.2 Å². The molecule has 1 aromatic carbocycles. The number of carboxylic acid groups (broad SMARTS) is 1. The van der Waals surface area contributed by atoms with Crippen LogP contribution in [0.1, 0.15) is 124 Å². The summed E-state index contributed by atoms with van der Waals surface area (Å²) in [5.74, 6) is -7.02. The number of carbonyl (C=O) groups excluding carboxylic acids is 2. The third-order valence-electron chi connectivity index (χ3n) is 16.5. The molecule has 3 saturated heterocycles. The zero-order chi connectivity index (χ0) is 57.9. The van der Waals surface area contributed by atoms with Crippen LogP contribution >= 0.6 is 11.6 Å². The summed E-state index contributed by atoms with van der Waals surface area (Å²) in [6.07, 6.45) is -6.49. The smallest absolute Gasteiger partial charge is 0.341 e. The number of likely N-dealkylation sites (N-methyl/N-ethyl adjacent to an activating group) is 2. The number of rotatable bonds is 17. The molecule has 4 fully saturated rings. The van der Waals surface area contributed by atoms with Crippen molar-refractivity contribution in [3.05, 3.63) is 39.1 Å². The average Bonchev–Trinajstić information content (AvgIpc) is 4.28. The molecule has 23 heteroatoms. The molecule has 0 radical (unpaired) electrons. The number of carbonyl (C=O) groups is 3. The number of amides is 1. The number of halogens is 1. The molecule has 6 rings (SSSR count). The van der Waals surface area contributed by atoms with Crippen LogP contribution in [0.2, 0.25) is 5.02 Å². The molecule has 8 N–H and O–H groups in total. The second-order valence-corrected chi connectivity index (χ2v) is 23.7. The van der Waals surface area contributed by atoms with Gasteiger partial charge in [0.05, 0.1) is 71.8 Å². The Bertz CT molecular complexity index is 2440. The lowest BCUT2D eigenvalue weighted by molar-refractivity contribution is -0.335. The van der Waals surface area contributed by atoms with E-state index >= 15 is 0 Å². The second kappa shape index (κ2) is 26.1. The minimum absolute atomic E-state index is 0.0217. The minimum atomic E-state index is -2.08. The van der Waals surface area contributed by atoms with E-state index in [1.807, 2.05) is 37.7 Å². The lowest BCUT2D eigenvalue weighted by atomic mass is 9.77. The first-order valence-electron chi connectivity index (χ1n) is 27.5. The number of aromatic carboxylic acids is 1. The Hall–Kier alpha value is -3.59. The number of hydrogen-bond acceptors (Lipinski definition) is 19. The maximum atomic E-state index is 14.6. The molecular formula is C55H88ClN5O17. The molecule has 0 spiro atoms. The summed E-state index contributed by atoms with van der Waals surface area (Å²) < 4.78 is 45.5. The van der Waals surface area contributed by atoms with E-state index in [-0.39, 0.29) is 80.5 Å². The third-order valence-corrected chi connectivity index (χ3v) is 16.8. The van der Waals surface area contributed by atoms with Crippen molar-refractivity contribution in [2.75, 3.05) is 59.9 Å². The number of aromatic nitrogens is 1. The summed E-state index contributed by atoms with van der Waals surface area (Å²) in [5.41, 5.74) is -3.56. The highest BCUT2D eigenvalue weighted by Crippen LogP contribution is 2.41. The summed E-state index contributed by atoms with van der Waals surface area (Å²) in [7, 11) is 6.78. The van der Waals surface area contributed by atoms with Crippen LogP contribution in [0.3, 0.4) is 0 Å². The largest absolute Gasteiger partial charge is 0.477 e. The van der Waals surface area contributed by atoms with Crippen molar-refractivity contribution in [1.29, 1.82) is 0 Å². The Morgan fingerprint density at radius 2 is 1.65 bits per heavy atom. The van der Waals surface area contributed by atoms with Crippen molar-refractivity contribution in [3.63, 3.8) is 0 Å². The molecule has 1 aliphatic carbocycles. The molecule has 4 aliphatic rings. The van der Waals surface area contributed by atoms with E-state index in [1.165, 1.54) is 26.3 Å². The van der Waals surface area contributed by atoms with Gasteiger partial charge in [0.15, 0.2) is 18.4 Å². The van der Waals surface area contributed by atoms with Crippen molar-refractivity contribution in [3.8, 4) is 0 Å². The van der Waals surface area contributed by atoms with Crippen LogP contribution in [0.5, 0.6) is 0 Å². The van der Waals surface area contributed by atoms with Crippen LogP contribution in [0, 0.1) is 17.8 Å². The minimum Gasteiger partial charge on any atom is -0.477 e. The van der Waals surface area contributed by atoms with E-state index < -0.39 is 113 Å². The zero-order valence-corrected chi connectivity index (χ0v) is 48.4. The number of aliphatic hydroxyl groups is 5. The highest BCUT2D eigenvalue weighted by molar-refractivity contribution is 6.34. The third kappa shape index (κ3) is 14.5. The number of pyridine rings is 1. The van der Waals surface area contributed by atoms with Gasteiger partial charge in [-0.25, -0.2) is 4.79 Å². The number of cyclic esters (lactones) is 1. The van der Waals surface area contributed by atoms with Gasteiger partial charge in [-0.2, -0.15) is 0 Å². The summed E-state index contributed by atoms with van der Waals surface area (Å²) >= 11 is 6.61. The standard InChI is InChI=1S/C55H88ClN5O17/c1-14-41-54(9,70)48(65)32(6)60(12)26-28(2)24-53(8,69)49(78-52-45(64)40(59(10)11)21-29(3)74-52)30(4)46(31(5)51(68)76-41)77-43-25-55(71,72-13)47(33(7)75-43)58-42(62)17-19-73-20-18-57-38-22-35-39(23-37(38)56)61(34-15-16-34)27-36(44(35)63)50(66)67/h22-23,27-34,40-41,43,45-49,52,57,64-65,69-71H,14-21,24-26H2,1-13H3,(H,58,62)(H,66,67)/t28-,29-,30+,31-,32-,33+,40+,41-,43+,45-,46+,47+,48-,49-,52?,53-,54-,55-/m1/s1. The summed E-state index contributed by atoms with van der Waals surface area (Å²) in [6.45, 7) is 16.0. The maximum absolute atomic E-state index is 14.6. The van der Waals surface area contributed by atoms with Crippen molar-refractivity contribution in [2.24, 2.45) is 17.8 Å². The zero-order valence-electron chi connectivity index (χ0n) is 47.6. The number of aliphatic hydroxyl groups excluding tert-OH is 2. The fourth-order valence-electron chi connectivity index (χ4n) is 11.8. The van der Waals surface area contributed by atoms with Gasteiger partial charge in [0.1, 0.15) is 35.5 Å². The number of benzene rings is 1. The molecule has 1 saturated carbocycles. The van der Waals surface area contributed by atoms with Crippen molar-refractivity contribution in [1.82, 2.24) is 19.7 Å². The summed E-state index contributed by atoms with van der Waals surface area (Å²) in [6, 6.07) is 1.18. The van der Waals surface area contributed by atoms with Gasteiger partial charge in [0.2, 0.25) is 11.3 Å². The number of nitrogens with one attached hydrogen (secondary N) is 2. The molecule has 1 aromatic heterocycles. The van der Waals surface area contributed by atoms with Crippen molar-refractivity contribution >= 4 is 46.0 Å². The van der Waals surface area contributed by atoms with Gasteiger partial charge in [-0.1, -0.05) is 32.4 Å². The number of nitrogens with zero attached hydrogens (tertiary/aromatic N) is 3. The Kier molecular flexibility index (Phi) is 21.3. The maximum Gasteiger partial charge on any atom is 0.341 e. The Balaban J connectivity index is 1.18. The summed E-state index contributed by atoms with van der Waals surface area (Å²) in [5, 5.41) is 76.4. The first-order chi connectivity index (χ1) is 36.5. The Morgan fingerprint density at radius 3 is 2.27 bits per heavy atom. The predicted octanol–water partition coefficient (Wildman–Crippen LogP) is 3.47. The van der Waals surface area contributed by atoms with E-state index in [4.69, 9.17) is 44.8 Å². The molecule has 4 heterocycles. The molecule has 18 atom stereocenters. The normalized spacial score (nSPS) is 37.8. The first-order valence-corrected chi connectivity index (χ1v) is 27.8. The topological polar surface area (TPSA) is 290 Å². The lowest BCUT2D eigenvalue weighted by Gasteiger charge is -2.49. The summed E-state index contributed by atoms with van der Waals surface area (Å²) in [4.78, 5) is 56.8. The molecule has 78 heavy (non-hydrogen) atoms. The molecule has 3 aliphatic heterocycles. The number of anilines is 1. The Morgan fingerprint density at radius 1 is 0.974 bits per heavy atom. The van der Waals surface area contributed by atoms with Crippen LogP contribution in [-0.4, -0.2) is 208 Å². The van der Waals surface area contributed by atoms with Crippen LogP contribution in [0.25, 0.3) is 10.9 Å². The highest BCUT2D eigenvalue weighted by atomic mass is 35.5. The van der Waals surface area contributed by atoms with Crippen LogP contribution in [0.15, 0.2) is 23.1 Å². The molecular weight excluding hydrogens is 1040 g/mol. The fraction of sp³-hybridized carbons (Fsp3) is 0.782. The van der Waals surface area contributed by atoms with Crippen LogP contribution in [-0.2, 0) is 42.7 Å². The number of methoxy groups -OCH3 is 1. The van der Waals surface area contributed by atoms with Gasteiger partial charge in [-0.3, -0.25) is 14.4 Å². The average molecular weight is 1130 g/mol. The monoisotopic (exact) mass is 1130 g/mol. The number of hydrogen-bond donors (Lipinski definition) is 8. The molecule has 22 nitrogen and oxygen atoms in total. The number of fused-ring (bicyclic) bond motifs is 1. The van der Waals surface area contributed by atoms with Crippen molar-refractivity contribution in [2.45, 2.75) is 204 Å². The molecule has 1 unspecified atom stereocenters. The molecule has 0 bridgehead atoms. The van der Waals surface area contributed by atoms with E-state index in [2.05, 4.69) is 10.6 Å².